The first kappa shape index (κ1) is 18.3. The SMILES string of the molecule is CCOC(=O)C1(NS(=O)(=O)c2ccc(C)c([N+](=O)[O-])c2)CCCC1. The zero-order chi connectivity index (χ0) is 18.0. The zero-order valence-electron chi connectivity index (χ0n) is 13.6. The van der Waals surface area contributed by atoms with Crippen molar-refractivity contribution in [1.82, 2.24) is 4.72 Å². The van der Waals surface area contributed by atoms with Crippen LogP contribution in [0.5, 0.6) is 0 Å². The maximum Gasteiger partial charge on any atom is 0.327 e. The predicted molar refractivity (Wildman–Crippen MR) is 86.0 cm³/mol. The van der Waals surface area contributed by atoms with Crippen LogP contribution in [0.4, 0.5) is 5.69 Å². The smallest absolute Gasteiger partial charge is 0.327 e. The molecule has 9 heteroatoms. The molecule has 0 aromatic heterocycles. The highest BCUT2D eigenvalue weighted by Gasteiger charge is 2.46. The van der Waals surface area contributed by atoms with Gasteiger partial charge in [0.2, 0.25) is 10.0 Å². The normalized spacial score (nSPS) is 16.8. The Labute approximate surface area is 140 Å². The van der Waals surface area contributed by atoms with Gasteiger partial charge in [0.25, 0.3) is 5.69 Å². The second kappa shape index (κ2) is 6.86. The van der Waals surface area contributed by atoms with Crippen LogP contribution in [0, 0.1) is 17.0 Å². The highest BCUT2D eigenvalue weighted by Crippen LogP contribution is 2.33. The first-order valence-corrected chi connectivity index (χ1v) is 9.16. The van der Waals surface area contributed by atoms with Gasteiger partial charge in [-0.25, -0.2) is 8.42 Å². The van der Waals surface area contributed by atoms with Gasteiger partial charge in [0.05, 0.1) is 16.4 Å². The summed E-state index contributed by atoms with van der Waals surface area (Å²) in [5, 5.41) is 11.0. The minimum absolute atomic E-state index is 0.151. The molecule has 1 aliphatic rings. The van der Waals surface area contributed by atoms with Gasteiger partial charge in [-0.1, -0.05) is 18.9 Å². The Hall–Kier alpha value is -2.00. The molecule has 0 aliphatic heterocycles. The number of carbonyl (C=O) groups excluding carboxylic acids is 1. The fourth-order valence-corrected chi connectivity index (χ4v) is 4.30. The van der Waals surface area contributed by atoms with Gasteiger partial charge in [0.15, 0.2) is 0 Å². The molecule has 1 saturated carbocycles. The average molecular weight is 356 g/mol. The average Bonchev–Trinajstić information content (AvgIpc) is 2.96. The van der Waals surface area contributed by atoms with Crippen molar-refractivity contribution in [2.24, 2.45) is 0 Å². The molecule has 0 spiro atoms. The molecular formula is C15H20N2O6S. The molecule has 1 N–H and O–H groups in total. The van der Waals surface area contributed by atoms with Crippen molar-refractivity contribution in [3.05, 3.63) is 33.9 Å². The van der Waals surface area contributed by atoms with Crippen LogP contribution in [-0.4, -0.2) is 31.5 Å². The lowest BCUT2D eigenvalue weighted by Gasteiger charge is -2.27. The summed E-state index contributed by atoms with van der Waals surface area (Å²) in [6.07, 6.45) is 2.10. The molecule has 0 atom stereocenters. The summed E-state index contributed by atoms with van der Waals surface area (Å²) in [5.41, 5.74) is -1.22. The number of benzene rings is 1. The van der Waals surface area contributed by atoms with E-state index < -0.39 is 26.5 Å². The molecule has 2 rings (SSSR count). The van der Waals surface area contributed by atoms with E-state index in [2.05, 4.69) is 4.72 Å². The number of ether oxygens (including phenoxy) is 1. The Morgan fingerprint density at radius 1 is 1.38 bits per heavy atom. The van der Waals surface area contributed by atoms with Gasteiger partial charge in [0, 0.05) is 11.6 Å². The van der Waals surface area contributed by atoms with Crippen LogP contribution < -0.4 is 4.72 Å². The molecule has 0 heterocycles. The van der Waals surface area contributed by atoms with E-state index in [9.17, 15) is 23.3 Å². The first-order valence-electron chi connectivity index (χ1n) is 7.68. The van der Waals surface area contributed by atoms with Crippen LogP contribution in [0.15, 0.2) is 23.1 Å². The van der Waals surface area contributed by atoms with E-state index in [-0.39, 0.29) is 17.2 Å². The number of aryl methyl sites for hydroxylation is 1. The van der Waals surface area contributed by atoms with Crippen molar-refractivity contribution in [3.8, 4) is 0 Å². The molecule has 1 aromatic rings. The lowest BCUT2D eigenvalue weighted by molar-refractivity contribution is -0.385. The molecule has 1 fully saturated rings. The number of hydrogen-bond acceptors (Lipinski definition) is 6. The lowest BCUT2D eigenvalue weighted by atomic mass is 10.00. The number of rotatable bonds is 6. The molecule has 0 unspecified atom stereocenters. The van der Waals surface area contributed by atoms with Crippen molar-refractivity contribution >= 4 is 21.7 Å². The zero-order valence-corrected chi connectivity index (χ0v) is 14.4. The summed E-state index contributed by atoms with van der Waals surface area (Å²) in [4.78, 5) is 22.4. The fraction of sp³-hybridized carbons (Fsp3) is 0.533. The number of sulfonamides is 1. The molecule has 1 aromatic carbocycles. The maximum absolute atomic E-state index is 12.6. The molecule has 0 bridgehead atoms. The predicted octanol–water partition coefficient (Wildman–Crippen LogP) is 2.06. The summed E-state index contributed by atoms with van der Waals surface area (Å²) < 4.78 is 32.7. The second-order valence-corrected chi connectivity index (χ2v) is 7.50. The maximum atomic E-state index is 12.6. The highest BCUT2D eigenvalue weighted by atomic mass is 32.2. The quantitative estimate of drug-likeness (QED) is 0.474. The number of nitrogens with one attached hydrogen (secondary N) is 1. The van der Waals surface area contributed by atoms with Crippen LogP contribution in [0.1, 0.15) is 38.2 Å². The Kier molecular flexibility index (Phi) is 5.24. The van der Waals surface area contributed by atoms with Crippen molar-refractivity contribution in [1.29, 1.82) is 0 Å². The molecule has 0 amide bonds. The number of nitro groups is 1. The van der Waals surface area contributed by atoms with E-state index in [4.69, 9.17) is 4.74 Å². The van der Waals surface area contributed by atoms with Crippen LogP contribution >= 0.6 is 0 Å². The third kappa shape index (κ3) is 3.57. The summed E-state index contributed by atoms with van der Waals surface area (Å²) >= 11 is 0. The Balaban J connectivity index is 2.38. The van der Waals surface area contributed by atoms with Crippen LogP contribution in [0.25, 0.3) is 0 Å². The molecule has 0 radical (unpaired) electrons. The Morgan fingerprint density at radius 3 is 2.54 bits per heavy atom. The van der Waals surface area contributed by atoms with Crippen molar-refractivity contribution in [3.63, 3.8) is 0 Å². The van der Waals surface area contributed by atoms with Crippen LogP contribution in [0.3, 0.4) is 0 Å². The van der Waals surface area contributed by atoms with E-state index in [0.717, 1.165) is 6.07 Å². The highest BCUT2D eigenvalue weighted by molar-refractivity contribution is 7.89. The molecule has 24 heavy (non-hydrogen) atoms. The summed E-state index contributed by atoms with van der Waals surface area (Å²) in [6, 6.07) is 3.67. The van der Waals surface area contributed by atoms with Gasteiger partial charge < -0.3 is 4.74 Å². The van der Waals surface area contributed by atoms with E-state index >= 15 is 0 Å². The molecule has 132 valence electrons. The third-order valence-electron chi connectivity index (χ3n) is 4.14. The largest absolute Gasteiger partial charge is 0.465 e. The number of nitrogens with zero attached hydrogens (tertiary/aromatic N) is 1. The Bertz CT molecular complexity index is 753. The van der Waals surface area contributed by atoms with Crippen LogP contribution in [-0.2, 0) is 19.6 Å². The standard InChI is InChI=1S/C15H20N2O6S/c1-3-23-14(18)15(8-4-5-9-15)16-24(21,22)12-7-6-11(2)13(10-12)17(19)20/h6-7,10,16H,3-5,8-9H2,1-2H3. The van der Waals surface area contributed by atoms with Crippen molar-refractivity contribution in [2.75, 3.05) is 6.61 Å². The summed E-state index contributed by atoms with van der Waals surface area (Å²) in [6.45, 7) is 3.33. The van der Waals surface area contributed by atoms with Gasteiger partial charge >= 0.3 is 5.97 Å². The number of esters is 1. The van der Waals surface area contributed by atoms with E-state index in [1.54, 1.807) is 6.92 Å². The minimum Gasteiger partial charge on any atom is -0.465 e. The number of carbonyl (C=O) groups is 1. The lowest BCUT2D eigenvalue weighted by Crippen LogP contribution is -2.53. The van der Waals surface area contributed by atoms with Crippen molar-refractivity contribution in [2.45, 2.75) is 50.0 Å². The van der Waals surface area contributed by atoms with E-state index in [0.29, 0.717) is 31.2 Å². The third-order valence-corrected chi connectivity index (χ3v) is 5.67. The van der Waals surface area contributed by atoms with Gasteiger partial charge in [-0.15, -0.1) is 0 Å². The van der Waals surface area contributed by atoms with Gasteiger partial charge in [-0.05, 0) is 32.8 Å². The topological polar surface area (TPSA) is 116 Å². The Morgan fingerprint density at radius 2 is 2.00 bits per heavy atom. The van der Waals surface area contributed by atoms with E-state index in [1.807, 2.05) is 0 Å². The monoisotopic (exact) mass is 356 g/mol. The minimum atomic E-state index is -4.09. The van der Waals surface area contributed by atoms with Gasteiger partial charge in [-0.3, -0.25) is 14.9 Å². The number of hydrogen-bond donors (Lipinski definition) is 1. The molecule has 0 saturated heterocycles. The first-order chi connectivity index (χ1) is 11.2. The molecule has 8 nitrogen and oxygen atoms in total. The molecule has 1 aliphatic carbocycles. The van der Waals surface area contributed by atoms with Gasteiger partial charge in [0.1, 0.15) is 5.54 Å². The van der Waals surface area contributed by atoms with E-state index in [1.165, 1.54) is 19.1 Å². The van der Waals surface area contributed by atoms with Gasteiger partial charge in [-0.2, -0.15) is 4.72 Å². The fourth-order valence-electron chi connectivity index (χ4n) is 2.86. The molecular weight excluding hydrogens is 336 g/mol. The summed E-state index contributed by atoms with van der Waals surface area (Å²) in [7, 11) is -4.09. The summed E-state index contributed by atoms with van der Waals surface area (Å²) in [5.74, 6) is -0.604. The van der Waals surface area contributed by atoms with Crippen LogP contribution in [0.2, 0.25) is 0 Å². The second-order valence-electron chi connectivity index (χ2n) is 5.82. The van der Waals surface area contributed by atoms with Crippen molar-refractivity contribution < 1.29 is 22.9 Å². The number of nitro benzene ring substituents is 1.